The van der Waals surface area contributed by atoms with Crippen LogP contribution < -0.4 is 10.6 Å². The highest BCUT2D eigenvalue weighted by atomic mass is 35.5. The number of amides is 2. The van der Waals surface area contributed by atoms with E-state index in [4.69, 9.17) is 11.6 Å². The topological polar surface area (TPSA) is 95.6 Å². The van der Waals surface area contributed by atoms with Crippen LogP contribution >= 0.6 is 11.6 Å². The van der Waals surface area contributed by atoms with Gasteiger partial charge in [0.05, 0.1) is 16.1 Å². The van der Waals surface area contributed by atoms with Gasteiger partial charge in [-0.2, -0.15) is 0 Å². The summed E-state index contributed by atoms with van der Waals surface area (Å²) in [6.07, 6.45) is 0. The highest BCUT2D eigenvalue weighted by Crippen LogP contribution is 2.23. The molecule has 0 atom stereocenters. The molecule has 0 spiro atoms. The SMILES string of the molecule is CN(C)S(=O)(=O)c1ccccc1CNC(=O)c1ccc(Cl)cc1NC(=O)c1ccc(F)cc1. The van der Waals surface area contributed by atoms with Crippen molar-refractivity contribution in [3.8, 4) is 0 Å². The maximum atomic E-state index is 13.1. The van der Waals surface area contributed by atoms with Crippen molar-refractivity contribution in [1.29, 1.82) is 0 Å². The van der Waals surface area contributed by atoms with Crippen LogP contribution in [0.1, 0.15) is 26.3 Å². The number of rotatable bonds is 7. The van der Waals surface area contributed by atoms with Crippen LogP contribution in [-0.2, 0) is 16.6 Å². The number of anilines is 1. The van der Waals surface area contributed by atoms with Crippen molar-refractivity contribution >= 4 is 39.1 Å². The fourth-order valence-electron chi connectivity index (χ4n) is 2.98. The first-order chi connectivity index (χ1) is 15.6. The van der Waals surface area contributed by atoms with Crippen LogP contribution in [0, 0.1) is 5.82 Å². The lowest BCUT2D eigenvalue weighted by molar-refractivity contribution is 0.0951. The summed E-state index contributed by atoms with van der Waals surface area (Å²) in [6, 6.07) is 15.6. The van der Waals surface area contributed by atoms with Gasteiger partial charge in [0.2, 0.25) is 10.0 Å². The summed E-state index contributed by atoms with van der Waals surface area (Å²) in [6.45, 7) is -0.0595. The van der Waals surface area contributed by atoms with Crippen molar-refractivity contribution in [2.45, 2.75) is 11.4 Å². The van der Waals surface area contributed by atoms with Crippen LogP contribution in [0.25, 0.3) is 0 Å². The summed E-state index contributed by atoms with van der Waals surface area (Å²) in [5.74, 6) is -1.57. The number of hydrogen-bond donors (Lipinski definition) is 2. The molecule has 172 valence electrons. The molecule has 0 bridgehead atoms. The Kier molecular flexibility index (Phi) is 7.47. The Bertz CT molecular complexity index is 1300. The average Bonchev–Trinajstić information content (AvgIpc) is 2.78. The van der Waals surface area contributed by atoms with E-state index >= 15 is 0 Å². The molecule has 0 aliphatic heterocycles. The van der Waals surface area contributed by atoms with Gasteiger partial charge in [-0.05, 0) is 54.1 Å². The van der Waals surface area contributed by atoms with Gasteiger partial charge in [0.1, 0.15) is 5.82 Å². The van der Waals surface area contributed by atoms with Gasteiger partial charge in [-0.25, -0.2) is 17.1 Å². The molecule has 3 aromatic carbocycles. The number of carbonyl (C=O) groups is 2. The Morgan fingerprint density at radius 1 is 0.970 bits per heavy atom. The van der Waals surface area contributed by atoms with Crippen molar-refractivity contribution in [2.75, 3.05) is 19.4 Å². The highest BCUT2D eigenvalue weighted by Gasteiger charge is 2.21. The fraction of sp³-hybridized carbons (Fsp3) is 0.130. The maximum absolute atomic E-state index is 13.1. The number of sulfonamides is 1. The van der Waals surface area contributed by atoms with E-state index in [1.165, 1.54) is 50.5 Å². The fourth-order valence-corrected chi connectivity index (χ4v) is 4.27. The zero-order chi connectivity index (χ0) is 24.2. The molecule has 0 aliphatic rings. The van der Waals surface area contributed by atoms with E-state index in [-0.39, 0.29) is 28.3 Å². The molecule has 33 heavy (non-hydrogen) atoms. The molecule has 0 radical (unpaired) electrons. The van der Waals surface area contributed by atoms with Crippen LogP contribution in [0.4, 0.5) is 10.1 Å². The first-order valence-electron chi connectivity index (χ1n) is 9.74. The number of benzene rings is 3. The van der Waals surface area contributed by atoms with Crippen LogP contribution in [0.3, 0.4) is 0 Å². The lowest BCUT2D eigenvalue weighted by atomic mass is 10.1. The lowest BCUT2D eigenvalue weighted by Crippen LogP contribution is -2.27. The number of hydrogen-bond acceptors (Lipinski definition) is 4. The molecule has 0 unspecified atom stereocenters. The molecule has 7 nitrogen and oxygen atoms in total. The molecule has 2 amide bonds. The quantitative estimate of drug-likeness (QED) is 0.526. The Labute approximate surface area is 196 Å². The first-order valence-corrected chi connectivity index (χ1v) is 11.6. The molecular weight excluding hydrogens is 469 g/mol. The van der Waals surface area contributed by atoms with Gasteiger partial charge in [-0.15, -0.1) is 0 Å². The van der Waals surface area contributed by atoms with Gasteiger partial charge in [-0.3, -0.25) is 9.59 Å². The van der Waals surface area contributed by atoms with Crippen LogP contribution in [0.15, 0.2) is 71.6 Å². The predicted molar refractivity (Wildman–Crippen MR) is 124 cm³/mol. The highest BCUT2D eigenvalue weighted by molar-refractivity contribution is 7.89. The molecule has 3 aromatic rings. The smallest absolute Gasteiger partial charge is 0.255 e. The molecule has 0 saturated carbocycles. The van der Waals surface area contributed by atoms with Crippen LogP contribution in [-0.4, -0.2) is 38.6 Å². The lowest BCUT2D eigenvalue weighted by Gasteiger charge is -2.16. The normalized spacial score (nSPS) is 11.3. The maximum Gasteiger partial charge on any atom is 0.255 e. The van der Waals surface area contributed by atoms with Crippen LogP contribution in [0.2, 0.25) is 5.02 Å². The van der Waals surface area contributed by atoms with Crippen molar-refractivity contribution in [3.63, 3.8) is 0 Å². The van der Waals surface area contributed by atoms with Gasteiger partial charge in [0.15, 0.2) is 0 Å². The van der Waals surface area contributed by atoms with Gasteiger partial charge in [0, 0.05) is 31.2 Å². The minimum absolute atomic E-state index is 0.0595. The van der Waals surface area contributed by atoms with Crippen LogP contribution in [0.5, 0.6) is 0 Å². The zero-order valence-corrected chi connectivity index (χ0v) is 19.4. The third-order valence-corrected chi connectivity index (χ3v) is 6.90. The predicted octanol–water partition coefficient (Wildman–Crippen LogP) is 3.91. The standard InChI is InChI=1S/C23H21ClFN3O4S/c1-28(2)33(31,32)21-6-4-3-5-16(21)14-26-23(30)19-12-9-17(24)13-20(19)27-22(29)15-7-10-18(25)11-8-15/h3-13H,14H2,1-2H3,(H,26,30)(H,27,29). The number of nitrogens with one attached hydrogen (secondary N) is 2. The van der Waals surface area contributed by atoms with E-state index in [0.29, 0.717) is 10.6 Å². The summed E-state index contributed by atoms with van der Waals surface area (Å²) < 4.78 is 39.3. The third kappa shape index (κ3) is 5.75. The second-order valence-electron chi connectivity index (χ2n) is 7.23. The molecule has 3 rings (SSSR count). The number of halogens is 2. The summed E-state index contributed by atoms with van der Waals surface area (Å²) in [5.41, 5.74) is 0.891. The van der Waals surface area contributed by atoms with E-state index in [9.17, 15) is 22.4 Å². The molecule has 0 aromatic heterocycles. The summed E-state index contributed by atoms with van der Waals surface area (Å²) in [4.78, 5) is 25.5. The Morgan fingerprint density at radius 2 is 1.64 bits per heavy atom. The van der Waals surface area contributed by atoms with Gasteiger partial charge >= 0.3 is 0 Å². The molecule has 0 saturated heterocycles. The first kappa shape index (κ1) is 24.4. The third-order valence-electron chi connectivity index (χ3n) is 4.75. The molecule has 0 heterocycles. The molecule has 2 N–H and O–H groups in total. The van der Waals surface area contributed by atoms with Crippen molar-refractivity contribution in [1.82, 2.24) is 9.62 Å². The minimum Gasteiger partial charge on any atom is -0.348 e. The Morgan fingerprint density at radius 3 is 2.30 bits per heavy atom. The number of nitrogens with zero attached hydrogens (tertiary/aromatic N) is 1. The summed E-state index contributed by atoms with van der Waals surface area (Å²) in [7, 11) is -0.852. The monoisotopic (exact) mass is 489 g/mol. The van der Waals surface area contributed by atoms with E-state index in [2.05, 4.69) is 10.6 Å². The van der Waals surface area contributed by atoms with E-state index in [1.54, 1.807) is 18.2 Å². The second-order valence-corrected chi connectivity index (χ2v) is 9.79. The molecule has 0 fully saturated rings. The Hall–Kier alpha value is -3.27. The van der Waals surface area contributed by atoms with E-state index in [0.717, 1.165) is 16.4 Å². The van der Waals surface area contributed by atoms with Gasteiger partial charge < -0.3 is 10.6 Å². The average molecular weight is 490 g/mol. The van der Waals surface area contributed by atoms with Crippen molar-refractivity contribution in [2.24, 2.45) is 0 Å². The van der Waals surface area contributed by atoms with E-state index < -0.39 is 27.7 Å². The minimum atomic E-state index is -3.70. The van der Waals surface area contributed by atoms with E-state index in [1.807, 2.05) is 0 Å². The zero-order valence-electron chi connectivity index (χ0n) is 17.8. The summed E-state index contributed by atoms with van der Waals surface area (Å²) in [5, 5.41) is 5.58. The molecular formula is C23H21ClFN3O4S. The van der Waals surface area contributed by atoms with Gasteiger partial charge in [-0.1, -0.05) is 29.8 Å². The largest absolute Gasteiger partial charge is 0.348 e. The van der Waals surface area contributed by atoms with Gasteiger partial charge in [0.25, 0.3) is 11.8 Å². The molecule has 0 aliphatic carbocycles. The van der Waals surface area contributed by atoms with Crippen molar-refractivity contribution < 1.29 is 22.4 Å². The molecule has 10 heteroatoms. The Balaban J connectivity index is 1.82. The number of carbonyl (C=O) groups excluding carboxylic acids is 2. The second kappa shape index (κ2) is 10.1. The van der Waals surface area contributed by atoms with Crippen molar-refractivity contribution in [3.05, 3.63) is 94.3 Å². The summed E-state index contributed by atoms with van der Waals surface area (Å²) >= 11 is 6.04.